The fourth-order valence-corrected chi connectivity index (χ4v) is 4.50. The topological polar surface area (TPSA) is 38.1 Å². The Morgan fingerprint density at radius 2 is 1.89 bits per heavy atom. The van der Waals surface area contributed by atoms with Crippen LogP contribution in [-0.2, 0) is 12.8 Å². The highest BCUT2D eigenvalue weighted by Gasteiger charge is 2.22. The number of amides is 1. The molecule has 4 rings (SSSR count). The summed E-state index contributed by atoms with van der Waals surface area (Å²) in [4.78, 5) is 19.5. The average molecular weight is 398 g/mol. The van der Waals surface area contributed by atoms with E-state index in [1.54, 1.807) is 23.9 Å². The molecule has 0 unspecified atom stereocenters. The maximum atomic E-state index is 13.1. The van der Waals surface area contributed by atoms with E-state index in [2.05, 4.69) is 6.92 Å². The second kappa shape index (κ2) is 7.95. The molecule has 0 radical (unpaired) electrons. The Hall–Kier alpha value is -2.34. The van der Waals surface area contributed by atoms with Crippen molar-refractivity contribution >= 4 is 28.7 Å². The first-order chi connectivity index (χ1) is 13.5. The molecule has 1 amide bonds. The third-order valence-electron chi connectivity index (χ3n) is 5.44. The van der Waals surface area contributed by atoms with Gasteiger partial charge in [0.25, 0.3) is 5.91 Å². The Morgan fingerprint density at radius 1 is 1.18 bits per heavy atom. The minimum absolute atomic E-state index is 0.107. The number of fused-ring (bicyclic) bond motifs is 1. The van der Waals surface area contributed by atoms with Crippen molar-refractivity contribution in [1.82, 2.24) is 14.5 Å². The van der Waals surface area contributed by atoms with E-state index < -0.39 is 0 Å². The molecule has 1 saturated heterocycles. The number of carbonyl (C=O) groups excluding carboxylic acids is 1. The summed E-state index contributed by atoms with van der Waals surface area (Å²) >= 11 is 1.61. The molecule has 0 spiro atoms. The molecule has 146 valence electrons. The van der Waals surface area contributed by atoms with Gasteiger partial charge in [0.15, 0.2) is 5.16 Å². The number of hydrogen-bond donors (Lipinski definition) is 0. The van der Waals surface area contributed by atoms with Crippen molar-refractivity contribution in [2.45, 2.75) is 30.7 Å². The van der Waals surface area contributed by atoms with Crippen LogP contribution < -0.4 is 0 Å². The lowest BCUT2D eigenvalue weighted by molar-refractivity contribution is 0.0697. The Bertz CT molecular complexity index is 991. The second-order valence-electron chi connectivity index (χ2n) is 7.55. The number of likely N-dealkylation sites (tertiary alicyclic amines) is 1. The van der Waals surface area contributed by atoms with Gasteiger partial charge in [0.2, 0.25) is 0 Å². The van der Waals surface area contributed by atoms with Gasteiger partial charge in [0.1, 0.15) is 5.82 Å². The number of halogens is 1. The van der Waals surface area contributed by atoms with Crippen molar-refractivity contribution in [3.05, 3.63) is 59.4 Å². The van der Waals surface area contributed by atoms with Crippen molar-refractivity contribution in [1.29, 1.82) is 0 Å². The first kappa shape index (κ1) is 19.0. The third-order valence-corrected chi connectivity index (χ3v) is 6.54. The highest BCUT2D eigenvalue weighted by Crippen LogP contribution is 2.27. The molecule has 0 saturated carbocycles. The molecule has 1 aliphatic rings. The first-order valence-corrected chi connectivity index (χ1v) is 10.6. The number of rotatable bonds is 4. The van der Waals surface area contributed by atoms with Crippen LogP contribution in [0.3, 0.4) is 0 Å². The number of piperidine rings is 1. The number of aryl methyl sites for hydroxylation is 1. The van der Waals surface area contributed by atoms with Gasteiger partial charge < -0.3 is 9.47 Å². The Morgan fingerprint density at radius 3 is 2.61 bits per heavy atom. The number of aromatic nitrogens is 2. The zero-order valence-corrected chi connectivity index (χ0v) is 17.0. The van der Waals surface area contributed by atoms with Crippen molar-refractivity contribution in [3.63, 3.8) is 0 Å². The molecule has 4 nitrogen and oxygen atoms in total. The summed E-state index contributed by atoms with van der Waals surface area (Å²) in [6.45, 7) is 3.92. The summed E-state index contributed by atoms with van der Waals surface area (Å²) in [5.41, 5.74) is 3.61. The molecule has 2 aromatic carbocycles. The van der Waals surface area contributed by atoms with Gasteiger partial charge in [-0.2, -0.15) is 0 Å². The van der Waals surface area contributed by atoms with Gasteiger partial charge in [-0.15, -0.1) is 0 Å². The zero-order valence-electron chi connectivity index (χ0n) is 16.2. The standard InChI is InChI=1S/C22H24FN3OS/c1-15-9-11-26(12-10-15)21(27)17-5-8-19-20(13-17)25(2)22(24-19)28-14-16-3-6-18(23)7-4-16/h3-8,13,15H,9-12,14H2,1-2H3. The largest absolute Gasteiger partial charge is 0.339 e. The maximum Gasteiger partial charge on any atom is 0.253 e. The Labute approximate surface area is 168 Å². The summed E-state index contributed by atoms with van der Waals surface area (Å²) in [6.07, 6.45) is 2.15. The lowest BCUT2D eigenvalue weighted by Crippen LogP contribution is -2.37. The van der Waals surface area contributed by atoms with Crippen LogP contribution in [0.25, 0.3) is 11.0 Å². The van der Waals surface area contributed by atoms with Gasteiger partial charge in [-0.05, 0) is 54.7 Å². The molecule has 2 heterocycles. The van der Waals surface area contributed by atoms with Crippen LogP contribution in [0.4, 0.5) is 4.39 Å². The maximum absolute atomic E-state index is 13.1. The van der Waals surface area contributed by atoms with Gasteiger partial charge in [-0.3, -0.25) is 4.79 Å². The van der Waals surface area contributed by atoms with E-state index >= 15 is 0 Å². The molecule has 1 aromatic heterocycles. The molecule has 0 aliphatic carbocycles. The number of carbonyl (C=O) groups is 1. The van der Waals surface area contributed by atoms with Gasteiger partial charge in [0, 0.05) is 31.5 Å². The predicted octanol–water partition coefficient (Wildman–Crippen LogP) is 4.88. The van der Waals surface area contributed by atoms with Crippen molar-refractivity contribution < 1.29 is 9.18 Å². The molecule has 0 N–H and O–H groups in total. The van der Waals surface area contributed by atoms with E-state index in [1.807, 2.05) is 34.7 Å². The number of thioether (sulfide) groups is 1. The first-order valence-electron chi connectivity index (χ1n) is 9.64. The molecular formula is C22H24FN3OS. The SMILES string of the molecule is CC1CCN(C(=O)c2ccc3nc(SCc4ccc(F)cc4)n(C)c3c2)CC1. The fraction of sp³-hybridized carbons (Fsp3) is 0.364. The number of benzene rings is 2. The normalized spacial score (nSPS) is 15.3. The molecular weight excluding hydrogens is 373 g/mol. The van der Waals surface area contributed by atoms with Crippen LogP contribution in [0.15, 0.2) is 47.6 Å². The smallest absolute Gasteiger partial charge is 0.253 e. The molecule has 6 heteroatoms. The van der Waals surface area contributed by atoms with Crippen LogP contribution in [0.2, 0.25) is 0 Å². The lowest BCUT2D eigenvalue weighted by atomic mass is 9.98. The number of hydrogen-bond acceptors (Lipinski definition) is 3. The van der Waals surface area contributed by atoms with Gasteiger partial charge in [-0.25, -0.2) is 9.37 Å². The highest BCUT2D eigenvalue weighted by atomic mass is 32.2. The van der Waals surface area contributed by atoms with Crippen molar-refractivity contribution in [2.24, 2.45) is 13.0 Å². The average Bonchev–Trinajstić information content (AvgIpc) is 3.03. The molecule has 28 heavy (non-hydrogen) atoms. The molecule has 1 fully saturated rings. The van der Waals surface area contributed by atoms with E-state index in [4.69, 9.17) is 4.98 Å². The van der Waals surface area contributed by atoms with Crippen molar-refractivity contribution in [2.75, 3.05) is 13.1 Å². The van der Waals surface area contributed by atoms with E-state index in [-0.39, 0.29) is 11.7 Å². The molecule has 0 bridgehead atoms. The molecule has 0 atom stereocenters. The summed E-state index contributed by atoms with van der Waals surface area (Å²) in [5, 5.41) is 0.885. The second-order valence-corrected chi connectivity index (χ2v) is 8.49. The van der Waals surface area contributed by atoms with Gasteiger partial charge in [0.05, 0.1) is 11.0 Å². The van der Waals surface area contributed by atoms with Crippen LogP contribution in [0, 0.1) is 11.7 Å². The molecule has 1 aliphatic heterocycles. The van der Waals surface area contributed by atoms with Crippen LogP contribution in [-0.4, -0.2) is 33.4 Å². The monoisotopic (exact) mass is 397 g/mol. The van der Waals surface area contributed by atoms with Crippen LogP contribution >= 0.6 is 11.8 Å². The van der Waals surface area contributed by atoms with E-state index in [0.717, 1.165) is 59.0 Å². The minimum atomic E-state index is -0.225. The van der Waals surface area contributed by atoms with Gasteiger partial charge in [-0.1, -0.05) is 30.8 Å². The number of imidazole rings is 1. The van der Waals surface area contributed by atoms with Gasteiger partial charge >= 0.3 is 0 Å². The highest BCUT2D eigenvalue weighted by molar-refractivity contribution is 7.98. The predicted molar refractivity (Wildman–Crippen MR) is 111 cm³/mol. The molecule has 3 aromatic rings. The summed E-state index contributed by atoms with van der Waals surface area (Å²) in [6, 6.07) is 12.3. The summed E-state index contributed by atoms with van der Waals surface area (Å²) < 4.78 is 15.1. The number of nitrogens with zero attached hydrogens (tertiary/aromatic N) is 3. The van der Waals surface area contributed by atoms with E-state index in [0.29, 0.717) is 5.92 Å². The fourth-order valence-electron chi connectivity index (χ4n) is 3.55. The third kappa shape index (κ3) is 3.92. The lowest BCUT2D eigenvalue weighted by Gasteiger charge is -2.30. The van der Waals surface area contributed by atoms with Crippen LogP contribution in [0.1, 0.15) is 35.7 Å². The van der Waals surface area contributed by atoms with E-state index in [9.17, 15) is 9.18 Å². The van der Waals surface area contributed by atoms with E-state index in [1.165, 1.54) is 12.1 Å². The van der Waals surface area contributed by atoms with Crippen molar-refractivity contribution in [3.8, 4) is 0 Å². The zero-order chi connectivity index (χ0) is 19.7. The quantitative estimate of drug-likeness (QED) is 0.589. The Balaban J connectivity index is 1.52. The summed E-state index contributed by atoms with van der Waals surface area (Å²) in [5.74, 6) is 1.30. The van der Waals surface area contributed by atoms with Crippen LogP contribution in [0.5, 0.6) is 0 Å². The summed E-state index contributed by atoms with van der Waals surface area (Å²) in [7, 11) is 1.97. The Kier molecular flexibility index (Phi) is 5.40. The minimum Gasteiger partial charge on any atom is -0.339 e.